The second-order valence-electron chi connectivity index (χ2n) is 4.14. The lowest BCUT2D eigenvalue weighted by Gasteiger charge is -2.10. The van der Waals surface area contributed by atoms with Crippen molar-refractivity contribution in [2.24, 2.45) is 0 Å². The van der Waals surface area contributed by atoms with Gasteiger partial charge in [-0.3, -0.25) is 4.72 Å². The molecule has 0 aliphatic carbocycles. The Kier molecular flexibility index (Phi) is 5.08. The molecule has 1 aromatic heterocycles. The quantitative estimate of drug-likeness (QED) is 0.816. The number of nitrogens with zero attached hydrogens (tertiary/aromatic N) is 1. The number of hydrogen-bond acceptors (Lipinski definition) is 4. The Hall–Kier alpha value is -1.31. The summed E-state index contributed by atoms with van der Waals surface area (Å²) in [5.74, 6) is 0.622. The molecule has 0 saturated heterocycles. The largest absolute Gasteiger partial charge is 0.370 e. The topological polar surface area (TPSA) is 71.1 Å². The number of anilines is 2. The molecule has 8 heteroatoms. The molecule has 112 valence electrons. The molecule has 0 fully saturated rings. The number of pyridine rings is 1. The summed E-state index contributed by atoms with van der Waals surface area (Å²) in [5, 5.41) is 3.32. The number of hydrogen-bond donors (Lipinski definition) is 2. The van der Waals surface area contributed by atoms with Crippen molar-refractivity contribution >= 4 is 49.1 Å². The van der Waals surface area contributed by atoms with Crippen LogP contribution in [0.4, 0.5) is 11.5 Å². The van der Waals surface area contributed by atoms with Gasteiger partial charge < -0.3 is 5.32 Å². The Morgan fingerprint density at radius 3 is 2.67 bits per heavy atom. The number of halogens is 2. The van der Waals surface area contributed by atoms with Gasteiger partial charge in [0.05, 0.1) is 10.7 Å². The minimum absolute atomic E-state index is 0.0696. The number of nitrogens with one attached hydrogen (secondary N) is 2. The minimum atomic E-state index is -3.73. The molecule has 0 bridgehead atoms. The average Bonchev–Trinajstić information content (AvgIpc) is 2.44. The highest BCUT2D eigenvalue weighted by molar-refractivity contribution is 9.10. The summed E-state index contributed by atoms with van der Waals surface area (Å²) in [4.78, 5) is 4.11. The maximum Gasteiger partial charge on any atom is 0.263 e. The van der Waals surface area contributed by atoms with Gasteiger partial charge in [0, 0.05) is 17.2 Å². The van der Waals surface area contributed by atoms with Crippen LogP contribution in [0.2, 0.25) is 5.02 Å². The third-order valence-corrected chi connectivity index (χ3v) is 4.75. The number of benzene rings is 1. The van der Waals surface area contributed by atoms with E-state index in [0.29, 0.717) is 23.1 Å². The summed E-state index contributed by atoms with van der Waals surface area (Å²) in [6.45, 7) is 2.65. The number of aromatic nitrogens is 1. The van der Waals surface area contributed by atoms with Crippen LogP contribution in [-0.2, 0) is 10.0 Å². The third-order valence-electron chi connectivity index (χ3n) is 2.58. The van der Waals surface area contributed by atoms with Crippen LogP contribution in [0.15, 0.2) is 45.9 Å². The molecule has 0 amide bonds. The fourth-order valence-electron chi connectivity index (χ4n) is 1.60. The molecule has 0 unspecified atom stereocenters. The average molecular weight is 391 g/mol. The summed E-state index contributed by atoms with van der Waals surface area (Å²) >= 11 is 9.26. The first-order chi connectivity index (χ1) is 9.92. The van der Waals surface area contributed by atoms with Crippen molar-refractivity contribution in [1.82, 2.24) is 4.98 Å². The van der Waals surface area contributed by atoms with Crippen LogP contribution in [-0.4, -0.2) is 19.9 Å². The van der Waals surface area contributed by atoms with Crippen molar-refractivity contribution in [1.29, 1.82) is 0 Å². The van der Waals surface area contributed by atoms with E-state index in [1.165, 1.54) is 12.3 Å². The van der Waals surface area contributed by atoms with Crippen LogP contribution in [0.5, 0.6) is 0 Å². The Balaban J connectivity index is 2.27. The molecule has 2 N–H and O–H groups in total. The summed E-state index contributed by atoms with van der Waals surface area (Å²) < 4.78 is 27.7. The second kappa shape index (κ2) is 6.64. The van der Waals surface area contributed by atoms with Crippen LogP contribution in [0.3, 0.4) is 0 Å². The van der Waals surface area contributed by atoms with E-state index in [-0.39, 0.29) is 4.90 Å². The van der Waals surface area contributed by atoms with Gasteiger partial charge in [-0.1, -0.05) is 27.5 Å². The first kappa shape index (κ1) is 16.1. The van der Waals surface area contributed by atoms with Crippen LogP contribution in [0.1, 0.15) is 6.92 Å². The van der Waals surface area contributed by atoms with Crippen molar-refractivity contribution in [3.63, 3.8) is 0 Å². The minimum Gasteiger partial charge on any atom is -0.370 e. The van der Waals surface area contributed by atoms with Crippen molar-refractivity contribution in [2.45, 2.75) is 11.8 Å². The molecular weight excluding hydrogens is 378 g/mol. The van der Waals surface area contributed by atoms with Crippen molar-refractivity contribution in [3.8, 4) is 0 Å². The lowest BCUT2D eigenvalue weighted by Crippen LogP contribution is -2.14. The van der Waals surface area contributed by atoms with Crippen LogP contribution in [0.25, 0.3) is 0 Å². The highest BCUT2D eigenvalue weighted by atomic mass is 79.9. The second-order valence-corrected chi connectivity index (χ2v) is 7.14. The maximum absolute atomic E-state index is 12.3. The lowest BCUT2D eigenvalue weighted by atomic mass is 10.3. The van der Waals surface area contributed by atoms with E-state index < -0.39 is 10.0 Å². The summed E-state index contributed by atoms with van der Waals surface area (Å²) in [7, 11) is -3.73. The van der Waals surface area contributed by atoms with Gasteiger partial charge in [-0.25, -0.2) is 13.4 Å². The van der Waals surface area contributed by atoms with Gasteiger partial charge in [0.25, 0.3) is 10.0 Å². The van der Waals surface area contributed by atoms with Crippen LogP contribution < -0.4 is 10.0 Å². The Bertz CT molecular complexity index is 736. The first-order valence-electron chi connectivity index (χ1n) is 6.10. The summed E-state index contributed by atoms with van der Waals surface area (Å²) in [6, 6.07) is 8.03. The highest BCUT2D eigenvalue weighted by Gasteiger charge is 2.16. The standard InChI is InChI=1S/C13H13BrClN3O2S/c1-2-16-13-6-4-10(8-17-13)21(19,20)18-12-7-9(14)3-5-11(12)15/h3-8,18H,2H2,1H3,(H,16,17). The first-order valence-corrected chi connectivity index (χ1v) is 8.75. The fourth-order valence-corrected chi connectivity index (χ4v) is 3.20. The molecule has 1 aromatic carbocycles. The molecule has 5 nitrogen and oxygen atoms in total. The maximum atomic E-state index is 12.3. The Morgan fingerprint density at radius 1 is 1.29 bits per heavy atom. The van der Waals surface area contributed by atoms with E-state index in [0.717, 1.165) is 4.47 Å². The van der Waals surface area contributed by atoms with E-state index in [1.54, 1.807) is 24.3 Å². The molecule has 0 radical (unpaired) electrons. The SMILES string of the molecule is CCNc1ccc(S(=O)(=O)Nc2cc(Br)ccc2Cl)cn1. The smallest absolute Gasteiger partial charge is 0.263 e. The summed E-state index contributed by atoms with van der Waals surface area (Å²) in [6.07, 6.45) is 1.30. The van der Waals surface area contributed by atoms with Crippen molar-refractivity contribution in [2.75, 3.05) is 16.6 Å². The van der Waals surface area contributed by atoms with Gasteiger partial charge in [-0.05, 0) is 37.3 Å². The van der Waals surface area contributed by atoms with Gasteiger partial charge in [0.1, 0.15) is 10.7 Å². The molecule has 0 spiro atoms. The molecule has 0 saturated carbocycles. The van der Waals surface area contributed by atoms with E-state index in [2.05, 4.69) is 31.0 Å². The zero-order valence-corrected chi connectivity index (χ0v) is 14.3. The van der Waals surface area contributed by atoms with Gasteiger partial charge >= 0.3 is 0 Å². The van der Waals surface area contributed by atoms with Gasteiger partial charge in [0.2, 0.25) is 0 Å². The van der Waals surface area contributed by atoms with E-state index >= 15 is 0 Å². The molecule has 1 heterocycles. The predicted octanol–water partition coefficient (Wildman–Crippen LogP) is 3.73. The number of rotatable bonds is 5. The lowest BCUT2D eigenvalue weighted by molar-refractivity contribution is 0.601. The van der Waals surface area contributed by atoms with E-state index in [9.17, 15) is 8.42 Å². The van der Waals surface area contributed by atoms with Crippen LogP contribution in [0, 0.1) is 0 Å². The molecule has 0 atom stereocenters. The molecule has 21 heavy (non-hydrogen) atoms. The monoisotopic (exact) mass is 389 g/mol. The predicted molar refractivity (Wildman–Crippen MR) is 88.4 cm³/mol. The van der Waals surface area contributed by atoms with Crippen molar-refractivity contribution < 1.29 is 8.42 Å². The fraction of sp³-hybridized carbons (Fsp3) is 0.154. The van der Waals surface area contributed by atoms with E-state index in [4.69, 9.17) is 11.6 Å². The Labute approximate surface area is 136 Å². The van der Waals surface area contributed by atoms with E-state index in [1.807, 2.05) is 6.92 Å². The molecule has 0 aliphatic rings. The van der Waals surface area contributed by atoms with Gasteiger partial charge in [-0.2, -0.15) is 0 Å². The van der Waals surface area contributed by atoms with Crippen LogP contribution >= 0.6 is 27.5 Å². The molecule has 0 aliphatic heterocycles. The molecular formula is C13H13BrClN3O2S. The molecule has 2 rings (SSSR count). The molecule has 2 aromatic rings. The van der Waals surface area contributed by atoms with Gasteiger partial charge in [0.15, 0.2) is 0 Å². The number of sulfonamides is 1. The zero-order chi connectivity index (χ0) is 15.5. The van der Waals surface area contributed by atoms with Crippen molar-refractivity contribution in [3.05, 3.63) is 46.0 Å². The highest BCUT2D eigenvalue weighted by Crippen LogP contribution is 2.27. The van der Waals surface area contributed by atoms with Gasteiger partial charge in [-0.15, -0.1) is 0 Å². The zero-order valence-electron chi connectivity index (χ0n) is 11.1. The third kappa shape index (κ3) is 4.09. The normalized spacial score (nSPS) is 11.2. The Morgan fingerprint density at radius 2 is 2.05 bits per heavy atom. The summed E-state index contributed by atoms with van der Waals surface area (Å²) in [5.41, 5.74) is 0.307.